The summed E-state index contributed by atoms with van der Waals surface area (Å²) >= 11 is 0. The lowest BCUT2D eigenvalue weighted by Gasteiger charge is -2.29. The summed E-state index contributed by atoms with van der Waals surface area (Å²) < 4.78 is 9.95. The summed E-state index contributed by atoms with van der Waals surface area (Å²) in [7, 11) is 0. The molecule has 0 aromatic carbocycles. The molecular weight excluding hydrogens is 797 g/mol. The Hall–Kier alpha value is -5.48. The van der Waals surface area contributed by atoms with Gasteiger partial charge in [0, 0.05) is 129 Å². The third-order valence-corrected chi connectivity index (χ3v) is 9.68. The molecule has 0 bridgehead atoms. The highest BCUT2D eigenvalue weighted by atomic mass is 16.3. The SMILES string of the molecule is OCCCn1cc(CN(Cc2cn(CCCO)nn2)Cc2cn(CC(CO)(CO)Cn3cc(CN(Cc4cn(CCCO)nn4)Cc4cn(CCCO)nn4)nn3)nn2)nn1. The van der Waals surface area contributed by atoms with Gasteiger partial charge in [0.05, 0.1) is 65.9 Å². The molecule has 6 heterocycles. The second-order valence-electron chi connectivity index (χ2n) is 15.1. The molecule has 6 aromatic heterocycles. The summed E-state index contributed by atoms with van der Waals surface area (Å²) in [5.74, 6) is 0. The summed E-state index contributed by atoms with van der Waals surface area (Å²) in [6, 6.07) is 0. The second kappa shape index (κ2) is 22.9. The van der Waals surface area contributed by atoms with Gasteiger partial charge in [0.25, 0.3) is 0 Å². The summed E-state index contributed by atoms with van der Waals surface area (Å²) in [5, 5.41) is 110. The quantitative estimate of drug-likeness (QED) is 0.0261. The van der Waals surface area contributed by atoms with Crippen molar-refractivity contribution >= 4 is 0 Å². The van der Waals surface area contributed by atoms with E-state index in [1.54, 1.807) is 40.5 Å². The average Bonchev–Trinajstić information content (AvgIpc) is 4.14. The molecule has 332 valence electrons. The van der Waals surface area contributed by atoms with Crippen LogP contribution in [-0.4, -0.2) is 170 Å². The minimum Gasteiger partial charge on any atom is -0.396 e. The largest absolute Gasteiger partial charge is 0.396 e. The molecule has 26 heteroatoms. The topological polar surface area (TPSA) is 312 Å². The smallest absolute Gasteiger partial charge is 0.0967 e. The minimum absolute atomic E-state index is 0.0521. The van der Waals surface area contributed by atoms with Gasteiger partial charge >= 0.3 is 0 Å². The van der Waals surface area contributed by atoms with Gasteiger partial charge < -0.3 is 30.6 Å². The molecule has 0 aliphatic heterocycles. The monoisotopic (exact) mass is 852 g/mol. The van der Waals surface area contributed by atoms with Crippen LogP contribution in [0.3, 0.4) is 0 Å². The lowest BCUT2D eigenvalue weighted by Crippen LogP contribution is -2.39. The zero-order chi connectivity index (χ0) is 42.9. The third kappa shape index (κ3) is 13.8. The first kappa shape index (κ1) is 45.1. The van der Waals surface area contributed by atoms with Crippen molar-refractivity contribution in [3.05, 3.63) is 71.3 Å². The number of hydrogen-bond acceptors (Lipinski definition) is 20. The Bertz CT molecular complexity index is 1900. The number of rotatable bonds is 30. The molecule has 0 saturated carbocycles. The van der Waals surface area contributed by atoms with Crippen LogP contribution in [0.15, 0.2) is 37.2 Å². The van der Waals surface area contributed by atoms with Gasteiger partial charge in [-0.25, -0.2) is 0 Å². The van der Waals surface area contributed by atoms with Crippen molar-refractivity contribution in [2.75, 3.05) is 39.6 Å². The zero-order valence-corrected chi connectivity index (χ0v) is 34.1. The van der Waals surface area contributed by atoms with Crippen molar-refractivity contribution in [3.63, 3.8) is 0 Å². The molecule has 0 unspecified atom stereocenters. The first-order valence-corrected chi connectivity index (χ1v) is 20.3. The fraction of sp³-hybridized carbons (Fsp3) is 0.657. The third-order valence-electron chi connectivity index (χ3n) is 9.68. The van der Waals surface area contributed by atoms with Gasteiger partial charge in [0.15, 0.2) is 0 Å². The molecule has 26 nitrogen and oxygen atoms in total. The van der Waals surface area contributed by atoms with Crippen molar-refractivity contribution in [2.24, 2.45) is 5.41 Å². The highest BCUT2D eigenvalue weighted by Gasteiger charge is 2.32. The Balaban J connectivity index is 1.12. The van der Waals surface area contributed by atoms with Crippen molar-refractivity contribution in [3.8, 4) is 0 Å². The van der Waals surface area contributed by atoms with Crippen LogP contribution in [0.25, 0.3) is 0 Å². The molecule has 0 aliphatic rings. The molecule has 0 aliphatic carbocycles. The van der Waals surface area contributed by atoms with Crippen LogP contribution in [-0.2, 0) is 78.5 Å². The van der Waals surface area contributed by atoms with Gasteiger partial charge in [-0.1, -0.05) is 31.3 Å². The van der Waals surface area contributed by atoms with Crippen LogP contribution in [0.5, 0.6) is 0 Å². The second-order valence-corrected chi connectivity index (χ2v) is 15.1. The lowest BCUT2D eigenvalue weighted by molar-refractivity contribution is 0.0186. The van der Waals surface area contributed by atoms with Crippen LogP contribution in [0, 0.1) is 5.41 Å². The van der Waals surface area contributed by atoms with E-state index in [1.165, 1.54) is 0 Å². The Kier molecular flexibility index (Phi) is 16.9. The number of aliphatic hydroxyl groups is 6. The van der Waals surface area contributed by atoms with Gasteiger partial charge in [0.1, 0.15) is 0 Å². The van der Waals surface area contributed by atoms with E-state index in [1.807, 2.05) is 24.8 Å². The van der Waals surface area contributed by atoms with E-state index in [2.05, 4.69) is 71.7 Å². The van der Waals surface area contributed by atoms with Gasteiger partial charge in [-0.3, -0.25) is 37.9 Å². The summed E-state index contributed by atoms with van der Waals surface area (Å²) in [6.45, 7) is 4.25. The summed E-state index contributed by atoms with van der Waals surface area (Å²) in [5.41, 5.74) is 3.07. The highest BCUT2D eigenvalue weighted by Crippen LogP contribution is 2.22. The van der Waals surface area contributed by atoms with Crippen LogP contribution in [0.1, 0.15) is 59.8 Å². The highest BCUT2D eigenvalue weighted by molar-refractivity contribution is 5.02. The predicted molar refractivity (Wildman–Crippen MR) is 209 cm³/mol. The zero-order valence-electron chi connectivity index (χ0n) is 34.1. The van der Waals surface area contributed by atoms with Gasteiger partial charge in [-0.05, 0) is 25.7 Å². The normalized spacial score (nSPS) is 12.2. The maximum Gasteiger partial charge on any atom is 0.0967 e. The number of aryl methyl sites for hydroxylation is 4. The number of nitrogens with zero attached hydrogens (tertiary/aromatic N) is 20. The molecule has 6 aromatic rings. The summed E-state index contributed by atoms with van der Waals surface area (Å²) in [4.78, 5) is 4.14. The van der Waals surface area contributed by atoms with Crippen molar-refractivity contribution in [2.45, 2.75) is 104 Å². The van der Waals surface area contributed by atoms with E-state index in [0.717, 1.165) is 22.8 Å². The molecular formula is C35H56N20O6. The molecule has 0 radical (unpaired) electrons. The van der Waals surface area contributed by atoms with E-state index < -0.39 is 5.41 Å². The maximum atomic E-state index is 10.7. The van der Waals surface area contributed by atoms with E-state index in [4.69, 9.17) is 0 Å². The van der Waals surface area contributed by atoms with Crippen LogP contribution in [0.2, 0.25) is 0 Å². The van der Waals surface area contributed by atoms with E-state index >= 15 is 0 Å². The van der Waals surface area contributed by atoms with Crippen molar-refractivity contribution < 1.29 is 30.6 Å². The van der Waals surface area contributed by atoms with Gasteiger partial charge in [-0.15, -0.1) is 30.6 Å². The summed E-state index contributed by atoms with van der Waals surface area (Å²) in [6.07, 6.45) is 13.1. The molecule has 0 spiro atoms. The van der Waals surface area contributed by atoms with Crippen LogP contribution < -0.4 is 0 Å². The van der Waals surface area contributed by atoms with Crippen molar-refractivity contribution in [1.82, 2.24) is 99.8 Å². The van der Waals surface area contributed by atoms with E-state index in [-0.39, 0.29) is 52.7 Å². The van der Waals surface area contributed by atoms with E-state index in [0.29, 0.717) is 103 Å². The van der Waals surface area contributed by atoms with Crippen LogP contribution in [0.4, 0.5) is 0 Å². The van der Waals surface area contributed by atoms with Crippen LogP contribution >= 0.6 is 0 Å². The standard InChI is InChI=1S/C35H56N20O6/c56-9-1-5-50-19-29(36-42-50)13-48(14-30-20-51(43-37-30)6-2-10-57)17-33-23-54(46-40-33)25-35(27-60,28-61)26-55-24-34(41-47-55)18-49(15-31-21-52(44-38-31)7-3-11-58)16-32-22-53(45-39-32)8-4-12-59/h19-24,56-61H,1-18,25-28H2. The number of hydrogen-bond donors (Lipinski definition) is 6. The van der Waals surface area contributed by atoms with Crippen molar-refractivity contribution in [1.29, 1.82) is 0 Å². The molecule has 0 fully saturated rings. The molecule has 6 N–H and O–H groups in total. The Morgan fingerprint density at radius 1 is 0.361 bits per heavy atom. The van der Waals surface area contributed by atoms with Gasteiger partial charge in [-0.2, -0.15) is 0 Å². The minimum atomic E-state index is -1.07. The fourth-order valence-corrected chi connectivity index (χ4v) is 6.69. The molecule has 6 rings (SSSR count). The first-order valence-electron chi connectivity index (χ1n) is 20.3. The first-order chi connectivity index (χ1) is 29.8. The van der Waals surface area contributed by atoms with Gasteiger partial charge in [0.2, 0.25) is 0 Å². The maximum absolute atomic E-state index is 10.7. The Morgan fingerprint density at radius 3 is 0.820 bits per heavy atom. The van der Waals surface area contributed by atoms with E-state index in [9.17, 15) is 30.6 Å². The molecule has 0 atom stereocenters. The number of aromatic nitrogens is 18. The Morgan fingerprint density at radius 2 is 0.590 bits per heavy atom. The molecule has 0 saturated heterocycles. The Labute approximate surface area is 350 Å². The molecule has 61 heavy (non-hydrogen) atoms. The lowest BCUT2D eigenvalue weighted by atomic mass is 9.90. The fourth-order valence-electron chi connectivity index (χ4n) is 6.69. The average molecular weight is 853 g/mol. The predicted octanol–water partition coefficient (Wildman–Crippen LogP) is -3.16. The number of aliphatic hydroxyl groups excluding tert-OH is 6. The molecule has 0 amide bonds.